The standard InChI is InChI=1S/C48H57N9O8/c1-54-27-36(64-22-21-62-19-20-63-30-43(58)32-9-10-38-33(23-32)25-57(47(38)61)42-11-12-44(59)52-46(42)60)24-35(54)29-65-48-51-40-28-55(41-8-4-6-31-5-2-3-7-37(31)41)17-14-39(40)45(53-48)56-18-16-50-34(26-56)13-15-49/h2-10,23,34-36,42-43,50,58H,11-14,16-22,24-30H2,1H3,(H,52,59,60)/t34-,35-,36+,42?,43?/m0/s1. The number of rotatable bonds is 17. The number of carbonyl (C=O) groups is 3. The van der Waals surface area contributed by atoms with Crippen LogP contribution in [0.1, 0.15) is 64.5 Å². The number of nitriles is 1. The van der Waals surface area contributed by atoms with Crippen molar-refractivity contribution < 1.29 is 38.4 Å². The van der Waals surface area contributed by atoms with Crippen LogP contribution in [0.4, 0.5) is 11.5 Å². The van der Waals surface area contributed by atoms with E-state index in [1.165, 1.54) is 21.4 Å². The maximum absolute atomic E-state index is 13.0. The van der Waals surface area contributed by atoms with Gasteiger partial charge in [0.25, 0.3) is 5.91 Å². The van der Waals surface area contributed by atoms with Crippen LogP contribution in [0.5, 0.6) is 6.01 Å². The first-order chi connectivity index (χ1) is 31.7. The molecular weight excluding hydrogens is 831 g/mol. The first-order valence-electron chi connectivity index (χ1n) is 22.8. The normalized spacial score (nSPS) is 22.8. The molecule has 342 valence electrons. The van der Waals surface area contributed by atoms with E-state index in [0.717, 1.165) is 61.7 Å². The summed E-state index contributed by atoms with van der Waals surface area (Å²) in [4.78, 5) is 55.5. The molecule has 0 bridgehead atoms. The Morgan fingerprint density at radius 3 is 2.66 bits per heavy atom. The molecule has 2 unspecified atom stereocenters. The van der Waals surface area contributed by atoms with Gasteiger partial charge in [-0.05, 0) is 55.0 Å². The van der Waals surface area contributed by atoms with Gasteiger partial charge in [-0.3, -0.25) is 24.6 Å². The van der Waals surface area contributed by atoms with E-state index >= 15 is 0 Å². The van der Waals surface area contributed by atoms with Gasteiger partial charge in [0.2, 0.25) is 11.8 Å². The third-order valence-electron chi connectivity index (χ3n) is 13.2. The highest BCUT2D eigenvalue weighted by molar-refractivity contribution is 6.05. The molecule has 3 N–H and O–H groups in total. The number of imide groups is 1. The van der Waals surface area contributed by atoms with Gasteiger partial charge in [-0.25, -0.2) is 0 Å². The largest absolute Gasteiger partial charge is 0.462 e. The van der Waals surface area contributed by atoms with Crippen molar-refractivity contribution in [3.05, 3.63) is 88.6 Å². The van der Waals surface area contributed by atoms with Gasteiger partial charge < -0.3 is 44.1 Å². The van der Waals surface area contributed by atoms with E-state index in [2.05, 4.69) is 80.9 Å². The Bertz CT molecular complexity index is 2420. The number of nitrogens with one attached hydrogen (secondary N) is 2. The molecule has 1 aromatic heterocycles. The number of carbonyl (C=O) groups excluding carboxylic acids is 3. The molecule has 4 aromatic rings. The number of aliphatic hydroxyl groups excluding tert-OH is 1. The summed E-state index contributed by atoms with van der Waals surface area (Å²) in [6.45, 7) is 6.71. The zero-order valence-corrected chi connectivity index (χ0v) is 36.8. The number of fused-ring (bicyclic) bond motifs is 3. The number of anilines is 2. The second-order valence-electron chi connectivity index (χ2n) is 17.5. The van der Waals surface area contributed by atoms with E-state index in [1.54, 1.807) is 18.2 Å². The number of nitrogens with zero attached hydrogens (tertiary/aromatic N) is 7. The Hall–Kier alpha value is -5.74. The number of benzene rings is 3. The molecule has 0 radical (unpaired) electrons. The molecule has 3 saturated heterocycles. The average molecular weight is 888 g/mol. The number of ether oxygens (including phenoxy) is 4. The van der Waals surface area contributed by atoms with Crippen LogP contribution < -0.4 is 25.2 Å². The van der Waals surface area contributed by atoms with Crippen molar-refractivity contribution >= 4 is 40.0 Å². The minimum atomic E-state index is -0.901. The van der Waals surface area contributed by atoms with E-state index in [9.17, 15) is 24.8 Å². The number of piperazine rings is 1. The fourth-order valence-electron chi connectivity index (χ4n) is 9.77. The molecule has 65 heavy (non-hydrogen) atoms. The van der Waals surface area contributed by atoms with Crippen molar-refractivity contribution in [1.29, 1.82) is 5.26 Å². The first kappa shape index (κ1) is 44.5. The van der Waals surface area contributed by atoms with E-state index in [4.69, 9.17) is 28.9 Å². The van der Waals surface area contributed by atoms with Crippen LogP contribution in [0.3, 0.4) is 0 Å². The first-order valence-corrected chi connectivity index (χ1v) is 22.8. The van der Waals surface area contributed by atoms with Crippen molar-refractivity contribution in [2.45, 2.75) is 75.5 Å². The zero-order chi connectivity index (χ0) is 44.9. The smallest absolute Gasteiger partial charge is 0.318 e. The molecule has 0 saturated carbocycles. The van der Waals surface area contributed by atoms with Crippen LogP contribution in [0, 0.1) is 11.3 Å². The van der Waals surface area contributed by atoms with Crippen LogP contribution >= 0.6 is 0 Å². The van der Waals surface area contributed by atoms with Gasteiger partial charge in [-0.2, -0.15) is 15.2 Å². The van der Waals surface area contributed by atoms with Gasteiger partial charge in [0, 0.05) is 80.0 Å². The zero-order valence-electron chi connectivity index (χ0n) is 36.8. The molecule has 17 heteroatoms. The van der Waals surface area contributed by atoms with Crippen molar-refractivity contribution in [2.75, 3.05) is 89.2 Å². The Balaban J connectivity index is 0.724. The van der Waals surface area contributed by atoms with Gasteiger partial charge in [0.1, 0.15) is 24.6 Å². The lowest BCUT2D eigenvalue weighted by Crippen LogP contribution is -2.52. The molecule has 3 aromatic carbocycles. The maximum atomic E-state index is 13.0. The Labute approximate surface area is 378 Å². The summed E-state index contributed by atoms with van der Waals surface area (Å²) in [6.07, 6.45) is 1.65. The van der Waals surface area contributed by atoms with Crippen molar-refractivity contribution in [3.63, 3.8) is 0 Å². The van der Waals surface area contributed by atoms with Gasteiger partial charge in [-0.1, -0.05) is 48.5 Å². The molecule has 0 spiro atoms. The maximum Gasteiger partial charge on any atom is 0.318 e. The number of aromatic nitrogens is 2. The highest BCUT2D eigenvalue weighted by Crippen LogP contribution is 2.35. The molecule has 5 aliphatic rings. The molecule has 6 heterocycles. The van der Waals surface area contributed by atoms with E-state index in [-0.39, 0.29) is 56.2 Å². The highest BCUT2D eigenvalue weighted by atomic mass is 16.5. The molecule has 5 aliphatic heterocycles. The summed E-state index contributed by atoms with van der Waals surface area (Å²) in [5.41, 5.74) is 5.16. The number of hydrogen-bond acceptors (Lipinski definition) is 15. The fourth-order valence-corrected chi connectivity index (χ4v) is 9.77. The Morgan fingerprint density at radius 2 is 1.78 bits per heavy atom. The van der Waals surface area contributed by atoms with Crippen LogP contribution in [-0.2, 0) is 43.3 Å². The number of likely N-dealkylation sites (tertiary alicyclic amines) is 1. The molecule has 3 fully saturated rings. The molecular formula is C48H57N9O8. The number of hydrogen-bond donors (Lipinski definition) is 3. The van der Waals surface area contributed by atoms with E-state index in [1.807, 2.05) is 0 Å². The van der Waals surface area contributed by atoms with Gasteiger partial charge >= 0.3 is 6.01 Å². The second kappa shape index (κ2) is 20.2. The van der Waals surface area contributed by atoms with E-state index in [0.29, 0.717) is 69.5 Å². The summed E-state index contributed by atoms with van der Waals surface area (Å²) in [7, 11) is 2.08. The van der Waals surface area contributed by atoms with Gasteiger partial charge in [0.05, 0.1) is 63.9 Å². The van der Waals surface area contributed by atoms with E-state index < -0.39 is 18.1 Å². The second-order valence-corrected chi connectivity index (χ2v) is 17.5. The summed E-state index contributed by atoms with van der Waals surface area (Å²) in [5, 5.41) is 28.5. The van der Waals surface area contributed by atoms with Crippen molar-refractivity contribution in [2.24, 2.45) is 0 Å². The minimum Gasteiger partial charge on any atom is -0.462 e. The molecule has 17 nitrogen and oxygen atoms in total. The molecule has 9 rings (SSSR count). The summed E-state index contributed by atoms with van der Waals surface area (Å²) < 4.78 is 24.1. The number of likely N-dealkylation sites (N-methyl/N-ethyl adjacent to an activating group) is 1. The minimum absolute atomic E-state index is 0.0227. The lowest BCUT2D eigenvalue weighted by molar-refractivity contribution is -0.136. The lowest BCUT2D eigenvalue weighted by Gasteiger charge is -2.37. The quantitative estimate of drug-likeness (QED) is 0.103. The Morgan fingerprint density at radius 1 is 0.938 bits per heavy atom. The van der Waals surface area contributed by atoms with Crippen molar-refractivity contribution in [1.82, 2.24) is 30.4 Å². The summed E-state index contributed by atoms with van der Waals surface area (Å²) in [5.74, 6) is -0.125. The third-order valence-corrected chi connectivity index (χ3v) is 13.2. The predicted molar refractivity (Wildman–Crippen MR) is 240 cm³/mol. The number of aliphatic hydroxyl groups is 1. The Kier molecular flexibility index (Phi) is 13.8. The van der Waals surface area contributed by atoms with Crippen LogP contribution in [0.25, 0.3) is 10.8 Å². The predicted octanol–water partition coefficient (Wildman–Crippen LogP) is 2.88. The SMILES string of the molecule is CN1C[C@H](OCCOCCOCC(O)c2ccc3c(c2)CN(C2CCC(=O)NC2=O)C3=O)C[C@H]1COc1nc2c(c(N3CCN[C@@H](CC#N)C3)n1)CCN(c1cccc3ccccc13)C2. The van der Waals surface area contributed by atoms with Crippen LogP contribution in [-0.4, -0.2) is 146 Å². The van der Waals surface area contributed by atoms with Crippen LogP contribution in [0.15, 0.2) is 60.7 Å². The summed E-state index contributed by atoms with van der Waals surface area (Å²) in [6, 6.07) is 22.3. The van der Waals surface area contributed by atoms with Crippen molar-refractivity contribution in [3.8, 4) is 12.1 Å². The topological polar surface area (TPSA) is 195 Å². The van der Waals surface area contributed by atoms with Crippen LogP contribution in [0.2, 0.25) is 0 Å². The average Bonchev–Trinajstić information content (AvgIpc) is 3.85. The fraction of sp³-hybridized carbons (Fsp3) is 0.500. The molecule has 3 amide bonds. The van der Waals surface area contributed by atoms with Gasteiger partial charge in [-0.15, -0.1) is 0 Å². The highest BCUT2D eigenvalue weighted by Gasteiger charge is 2.39. The van der Waals surface area contributed by atoms with Gasteiger partial charge in [0.15, 0.2) is 0 Å². The number of piperidine rings is 1. The number of amides is 3. The molecule has 5 atom stereocenters. The molecule has 0 aliphatic carbocycles. The summed E-state index contributed by atoms with van der Waals surface area (Å²) >= 11 is 0. The monoisotopic (exact) mass is 887 g/mol. The lowest BCUT2D eigenvalue weighted by atomic mass is 10.0. The third kappa shape index (κ3) is 10.1.